The Hall–Kier alpha value is -2.35. The molecule has 0 saturated carbocycles. The van der Waals surface area contributed by atoms with Crippen molar-refractivity contribution >= 4 is 5.82 Å². The number of aryl methyl sites for hydroxylation is 1. The number of aromatic nitrogens is 2. The second kappa shape index (κ2) is 5.82. The van der Waals surface area contributed by atoms with Gasteiger partial charge < -0.3 is 9.73 Å². The van der Waals surface area contributed by atoms with Gasteiger partial charge in [0.25, 0.3) is 0 Å². The quantitative estimate of drug-likeness (QED) is 0.871. The molecule has 0 bridgehead atoms. The molecule has 0 amide bonds. The van der Waals surface area contributed by atoms with Crippen molar-refractivity contribution in [2.75, 3.05) is 5.32 Å². The van der Waals surface area contributed by atoms with Crippen molar-refractivity contribution in [3.63, 3.8) is 0 Å². The van der Waals surface area contributed by atoms with Crippen LogP contribution >= 0.6 is 0 Å². The topological polar surface area (TPSA) is 74.7 Å². The van der Waals surface area contributed by atoms with Crippen LogP contribution < -0.4 is 5.32 Å². The molecule has 1 atom stereocenters. The summed E-state index contributed by atoms with van der Waals surface area (Å²) in [4.78, 5) is 0. The zero-order valence-electron chi connectivity index (χ0n) is 10.1. The van der Waals surface area contributed by atoms with Crippen LogP contribution in [0.25, 0.3) is 0 Å². The Bertz CT molecular complexity index is 530. The van der Waals surface area contributed by atoms with Crippen molar-refractivity contribution in [2.45, 2.75) is 25.8 Å². The van der Waals surface area contributed by atoms with E-state index < -0.39 is 0 Å². The van der Waals surface area contributed by atoms with Gasteiger partial charge in [0.15, 0.2) is 5.82 Å². The summed E-state index contributed by atoms with van der Waals surface area (Å²) in [7, 11) is 0. The zero-order valence-corrected chi connectivity index (χ0v) is 10.1. The minimum absolute atomic E-state index is 0.193. The summed E-state index contributed by atoms with van der Waals surface area (Å²) in [6.07, 6.45) is 4.93. The summed E-state index contributed by atoms with van der Waals surface area (Å²) in [5.74, 6) is 1.50. The standard InChI is InChI=1S/C13H14N4O/c1-10(4-5-12-3-2-8-18-12)16-13-11(9-14)6-7-15-17-13/h2-3,6-8,10H,4-5H2,1H3,(H,16,17). The van der Waals surface area contributed by atoms with Crippen molar-refractivity contribution in [2.24, 2.45) is 0 Å². The molecule has 0 aliphatic heterocycles. The highest BCUT2D eigenvalue weighted by atomic mass is 16.3. The lowest BCUT2D eigenvalue weighted by atomic mass is 10.1. The summed E-state index contributed by atoms with van der Waals surface area (Å²) in [5.41, 5.74) is 0.509. The number of nitriles is 1. The average molecular weight is 242 g/mol. The Labute approximate surface area is 105 Å². The zero-order chi connectivity index (χ0) is 12.8. The molecule has 0 fully saturated rings. The number of nitrogens with zero attached hydrogens (tertiary/aromatic N) is 3. The second-order valence-corrected chi connectivity index (χ2v) is 4.07. The maximum Gasteiger partial charge on any atom is 0.166 e. The average Bonchev–Trinajstić information content (AvgIpc) is 2.90. The van der Waals surface area contributed by atoms with Crippen LogP contribution in [0.2, 0.25) is 0 Å². The summed E-state index contributed by atoms with van der Waals surface area (Å²) in [6.45, 7) is 2.04. The number of rotatable bonds is 5. The van der Waals surface area contributed by atoms with E-state index >= 15 is 0 Å². The minimum atomic E-state index is 0.193. The third-order valence-corrected chi connectivity index (χ3v) is 2.63. The molecule has 2 heterocycles. The van der Waals surface area contributed by atoms with E-state index in [9.17, 15) is 0 Å². The third kappa shape index (κ3) is 3.08. The van der Waals surface area contributed by atoms with Gasteiger partial charge in [-0.25, -0.2) is 0 Å². The summed E-state index contributed by atoms with van der Waals surface area (Å²) >= 11 is 0. The first-order valence-corrected chi connectivity index (χ1v) is 5.80. The molecule has 2 aromatic rings. The van der Waals surface area contributed by atoms with Crippen LogP contribution in [0, 0.1) is 11.3 Å². The largest absolute Gasteiger partial charge is 0.469 e. The van der Waals surface area contributed by atoms with Crippen LogP contribution in [0.5, 0.6) is 0 Å². The van der Waals surface area contributed by atoms with Crippen molar-refractivity contribution in [1.82, 2.24) is 10.2 Å². The molecule has 0 aliphatic carbocycles. The number of furan rings is 1. The lowest BCUT2D eigenvalue weighted by Gasteiger charge is -2.13. The van der Waals surface area contributed by atoms with Crippen LogP contribution in [0.3, 0.4) is 0 Å². The lowest BCUT2D eigenvalue weighted by molar-refractivity contribution is 0.494. The van der Waals surface area contributed by atoms with Crippen molar-refractivity contribution in [3.05, 3.63) is 42.0 Å². The first kappa shape index (κ1) is 12.1. The fourth-order valence-electron chi connectivity index (χ4n) is 1.65. The monoisotopic (exact) mass is 242 g/mol. The molecule has 0 radical (unpaired) electrons. The maximum atomic E-state index is 8.94. The third-order valence-electron chi connectivity index (χ3n) is 2.63. The second-order valence-electron chi connectivity index (χ2n) is 4.07. The van der Waals surface area contributed by atoms with Crippen LogP contribution in [-0.4, -0.2) is 16.2 Å². The highest BCUT2D eigenvalue weighted by Crippen LogP contribution is 2.13. The molecule has 18 heavy (non-hydrogen) atoms. The van der Waals surface area contributed by atoms with E-state index in [4.69, 9.17) is 9.68 Å². The van der Waals surface area contributed by atoms with Gasteiger partial charge in [0.2, 0.25) is 0 Å². The van der Waals surface area contributed by atoms with E-state index in [0.717, 1.165) is 18.6 Å². The van der Waals surface area contributed by atoms with Gasteiger partial charge in [-0.15, -0.1) is 5.10 Å². The fraction of sp³-hybridized carbons (Fsp3) is 0.308. The molecular formula is C13H14N4O. The molecule has 5 nitrogen and oxygen atoms in total. The Morgan fingerprint density at radius 1 is 1.50 bits per heavy atom. The predicted octanol–water partition coefficient (Wildman–Crippen LogP) is 2.37. The van der Waals surface area contributed by atoms with Gasteiger partial charge in [-0.05, 0) is 31.5 Å². The van der Waals surface area contributed by atoms with E-state index in [1.54, 1.807) is 12.3 Å². The predicted molar refractivity (Wildman–Crippen MR) is 66.9 cm³/mol. The molecule has 0 spiro atoms. The van der Waals surface area contributed by atoms with Gasteiger partial charge in [-0.2, -0.15) is 10.4 Å². The van der Waals surface area contributed by atoms with Crippen LogP contribution in [0.4, 0.5) is 5.82 Å². The molecule has 1 N–H and O–H groups in total. The minimum Gasteiger partial charge on any atom is -0.469 e. The van der Waals surface area contributed by atoms with Crippen LogP contribution in [0.15, 0.2) is 35.1 Å². The molecule has 2 rings (SSSR count). The normalized spacial score (nSPS) is 11.8. The maximum absolute atomic E-state index is 8.94. The molecule has 0 aliphatic rings. The van der Waals surface area contributed by atoms with Crippen molar-refractivity contribution in [3.8, 4) is 6.07 Å². The molecule has 1 unspecified atom stereocenters. The first-order chi connectivity index (χ1) is 8.79. The molecule has 0 saturated heterocycles. The van der Waals surface area contributed by atoms with E-state index in [0.29, 0.717) is 11.4 Å². The van der Waals surface area contributed by atoms with Gasteiger partial charge in [0.1, 0.15) is 11.8 Å². The Morgan fingerprint density at radius 3 is 3.11 bits per heavy atom. The lowest BCUT2D eigenvalue weighted by Crippen LogP contribution is -2.18. The molecule has 0 aromatic carbocycles. The van der Waals surface area contributed by atoms with Gasteiger partial charge in [0.05, 0.1) is 18.0 Å². The summed E-state index contributed by atoms with van der Waals surface area (Å²) in [6, 6.07) is 7.76. The Balaban J connectivity index is 1.91. The number of hydrogen-bond donors (Lipinski definition) is 1. The summed E-state index contributed by atoms with van der Waals surface area (Å²) < 4.78 is 5.27. The molecule has 92 valence electrons. The van der Waals surface area contributed by atoms with Gasteiger partial charge >= 0.3 is 0 Å². The van der Waals surface area contributed by atoms with E-state index in [1.165, 1.54) is 6.20 Å². The summed E-state index contributed by atoms with van der Waals surface area (Å²) in [5, 5.41) is 19.8. The van der Waals surface area contributed by atoms with E-state index in [1.807, 2.05) is 19.1 Å². The Morgan fingerprint density at radius 2 is 2.39 bits per heavy atom. The number of nitrogens with one attached hydrogen (secondary N) is 1. The van der Waals surface area contributed by atoms with E-state index in [-0.39, 0.29) is 6.04 Å². The fourth-order valence-corrected chi connectivity index (χ4v) is 1.65. The number of anilines is 1. The van der Waals surface area contributed by atoms with Gasteiger partial charge in [-0.1, -0.05) is 0 Å². The highest BCUT2D eigenvalue weighted by Gasteiger charge is 2.08. The van der Waals surface area contributed by atoms with Gasteiger partial charge in [0, 0.05) is 12.5 Å². The number of hydrogen-bond acceptors (Lipinski definition) is 5. The molecule has 2 aromatic heterocycles. The Kier molecular flexibility index (Phi) is 3.92. The SMILES string of the molecule is CC(CCc1ccco1)Nc1nnccc1C#N. The highest BCUT2D eigenvalue weighted by molar-refractivity contribution is 5.50. The van der Waals surface area contributed by atoms with Crippen molar-refractivity contribution < 1.29 is 4.42 Å². The molecular weight excluding hydrogens is 228 g/mol. The molecule has 5 heteroatoms. The van der Waals surface area contributed by atoms with Crippen LogP contribution in [-0.2, 0) is 6.42 Å². The van der Waals surface area contributed by atoms with E-state index in [2.05, 4.69) is 21.6 Å². The smallest absolute Gasteiger partial charge is 0.166 e. The van der Waals surface area contributed by atoms with Gasteiger partial charge in [-0.3, -0.25) is 0 Å². The van der Waals surface area contributed by atoms with Crippen LogP contribution in [0.1, 0.15) is 24.7 Å². The van der Waals surface area contributed by atoms with Crippen molar-refractivity contribution in [1.29, 1.82) is 5.26 Å². The first-order valence-electron chi connectivity index (χ1n) is 5.80.